The number of aryl methyl sites for hydroxylation is 1. The average molecular weight is 321 g/mol. The molecule has 0 aliphatic rings. The molecule has 0 amide bonds. The van der Waals surface area contributed by atoms with Crippen LogP contribution in [0, 0.1) is 12.7 Å². The second-order valence-corrected chi connectivity index (χ2v) is 5.55. The molecule has 0 spiro atoms. The number of hydrogen-bond acceptors (Lipinski definition) is 2. The van der Waals surface area contributed by atoms with Crippen LogP contribution in [-0.2, 0) is 6.61 Å². The molecule has 0 saturated heterocycles. The number of carbonyl (C=O) groups excluding carboxylic acids is 1. The number of halogens is 2. The van der Waals surface area contributed by atoms with Crippen LogP contribution >= 0.6 is 11.6 Å². The standard InChI is InChI=1S/C18H18ClFO2/c1-3-5-17(21)13-8-9-18(12(2)10-13)22-11-14-15(19)6-4-7-16(14)20/h4,6-10H,3,5,11H2,1-2H3. The zero-order valence-electron chi connectivity index (χ0n) is 12.7. The van der Waals surface area contributed by atoms with Gasteiger partial charge in [0.2, 0.25) is 0 Å². The van der Waals surface area contributed by atoms with Gasteiger partial charge < -0.3 is 4.74 Å². The Morgan fingerprint density at radius 1 is 1.27 bits per heavy atom. The van der Waals surface area contributed by atoms with E-state index in [9.17, 15) is 9.18 Å². The molecule has 116 valence electrons. The van der Waals surface area contributed by atoms with Gasteiger partial charge in [-0.05, 0) is 49.2 Å². The quantitative estimate of drug-likeness (QED) is 0.671. The van der Waals surface area contributed by atoms with Crippen molar-refractivity contribution in [2.24, 2.45) is 0 Å². The molecule has 0 bridgehead atoms. The number of Topliss-reactive ketones (excluding diaryl/α,β-unsaturated/α-hetero) is 1. The Morgan fingerprint density at radius 3 is 2.68 bits per heavy atom. The Balaban J connectivity index is 2.12. The summed E-state index contributed by atoms with van der Waals surface area (Å²) in [5.41, 5.74) is 1.85. The summed E-state index contributed by atoms with van der Waals surface area (Å²) in [7, 11) is 0. The summed E-state index contributed by atoms with van der Waals surface area (Å²) in [4.78, 5) is 11.9. The molecule has 4 heteroatoms. The summed E-state index contributed by atoms with van der Waals surface area (Å²) in [6.45, 7) is 3.88. The molecule has 2 nitrogen and oxygen atoms in total. The van der Waals surface area contributed by atoms with Crippen molar-refractivity contribution >= 4 is 17.4 Å². The Kier molecular flexibility index (Phi) is 5.56. The van der Waals surface area contributed by atoms with E-state index >= 15 is 0 Å². The molecule has 2 rings (SSSR count). The first-order chi connectivity index (χ1) is 10.5. The molecule has 0 N–H and O–H groups in total. The maximum Gasteiger partial charge on any atom is 0.162 e. The molecule has 0 saturated carbocycles. The van der Waals surface area contributed by atoms with Crippen molar-refractivity contribution in [3.8, 4) is 5.75 Å². The molecule has 2 aromatic rings. The molecule has 0 aliphatic carbocycles. The lowest BCUT2D eigenvalue weighted by Gasteiger charge is -2.12. The van der Waals surface area contributed by atoms with Gasteiger partial charge in [-0.25, -0.2) is 4.39 Å². The first kappa shape index (κ1) is 16.5. The van der Waals surface area contributed by atoms with Crippen LogP contribution in [0.25, 0.3) is 0 Å². The summed E-state index contributed by atoms with van der Waals surface area (Å²) in [6, 6.07) is 9.82. The highest BCUT2D eigenvalue weighted by Crippen LogP contribution is 2.24. The highest BCUT2D eigenvalue weighted by molar-refractivity contribution is 6.31. The third kappa shape index (κ3) is 3.86. The van der Waals surface area contributed by atoms with Gasteiger partial charge in [-0.2, -0.15) is 0 Å². The molecule has 0 aliphatic heterocycles. The van der Waals surface area contributed by atoms with Crippen molar-refractivity contribution in [2.75, 3.05) is 0 Å². The topological polar surface area (TPSA) is 26.3 Å². The van der Waals surface area contributed by atoms with Crippen molar-refractivity contribution < 1.29 is 13.9 Å². The number of hydrogen-bond donors (Lipinski definition) is 0. The summed E-state index contributed by atoms with van der Waals surface area (Å²) in [5.74, 6) is 0.349. The maximum absolute atomic E-state index is 13.7. The molecule has 0 atom stereocenters. The fourth-order valence-electron chi connectivity index (χ4n) is 2.18. The summed E-state index contributed by atoms with van der Waals surface area (Å²) < 4.78 is 19.3. The Morgan fingerprint density at radius 2 is 2.05 bits per heavy atom. The largest absolute Gasteiger partial charge is 0.488 e. The predicted octanol–water partition coefficient (Wildman–Crippen LogP) is 5.35. The average Bonchev–Trinajstić information content (AvgIpc) is 2.48. The monoisotopic (exact) mass is 320 g/mol. The van der Waals surface area contributed by atoms with Gasteiger partial charge in [-0.15, -0.1) is 0 Å². The van der Waals surface area contributed by atoms with Gasteiger partial charge in [0.15, 0.2) is 5.78 Å². The van der Waals surface area contributed by atoms with Gasteiger partial charge in [0, 0.05) is 17.5 Å². The van der Waals surface area contributed by atoms with Crippen LogP contribution in [0.2, 0.25) is 5.02 Å². The van der Waals surface area contributed by atoms with E-state index in [1.165, 1.54) is 6.07 Å². The number of rotatable bonds is 6. The molecule has 0 fully saturated rings. The minimum atomic E-state index is -0.389. The van der Waals surface area contributed by atoms with Gasteiger partial charge in [0.05, 0.1) is 5.02 Å². The zero-order valence-corrected chi connectivity index (χ0v) is 13.4. The lowest BCUT2D eigenvalue weighted by atomic mass is 10.0. The van der Waals surface area contributed by atoms with Crippen LogP contribution in [0.4, 0.5) is 4.39 Å². The first-order valence-electron chi connectivity index (χ1n) is 7.22. The van der Waals surface area contributed by atoms with E-state index < -0.39 is 0 Å². The molecule has 0 radical (unpaired) electrons. The van der Waals surface area contributed by atoms with Gasteiger partial charge in [0.25, 0.3) is 0 Å². The fourth-order valence-corrected chi connectivity index (χ4v) is 2.39. The third-order valence-electron chi connectivity index (χ3n) is 3.41. The van der Waals surface area contributed by atoms with Crippen LogP contribution in [0.15, 0.2) is 36.4 Å². The van der Waals surface area contributed by atoms with Crippen LogP contribution in [-0.4, -0.2) is 5.78 Å². The first-order valence-corrected chi connectivity index (χ1v) is 7.60. The van der Waals surface area contributed by atoms with Crippen LogP contribution in [0.3, 0.4) is 0 Å². The van der Waals surface area contributed by atoms with Crippen molar-refractivity contribution in [3.63, 3.8) is 0 Å². The van der Waals surface area contributed by atoms with E-state index in [1.807, 2.05) is 13.8 Å². The Hall–Kier alpha value is -1.87. The SMILES string of the molecule is CCCC(=O)c1ccc(OCc2c(F)cccc2Cl)c(C)c1. The molecule has 0 heterocycles. The van der Waals surface area contributed by atoms with Gasteiger partial charge >= 0.3 is 0 Å². The molecular formula is C18H18ClFO2. The van der Waals surface area contributed by atoms with Crippen molar-refractivity contribution in [1.82, 2.24) is 0 Å². The van der Waals surface area contributed by atoms with E-state index in [4.69, 9.17) is 16.3 Å². The fraction of sp³-hybridized carbons (Fsp3) is 0.278. The van der Waals surface area contributed by atoms with Gasteiger partial charge in [0.1, 0.15) is 18.2 Å². The van der Waals surface area contributed by atoms with E-state index in [2.05, 4.69) is 0 Å². The van der Waals surface area contributed by atoms with Crippen molar-refractivity contribution in [1.29, 1.82) is 0 Å². The van der Waals surface area contributed by atoms with Gasteiger partial charge in [-0.1, -0.05) is 24.6 Å². The van der Waals surface area contributed by atoms with Gasteiger partial charge in [-0.3, -0.25) is 4.79 Å². The molecule has 2 aromatic carbocycles. The minimum absolute atomic E-state index is 0.0502. The molecule has 22 heavy (non-hydrogen) atoms. The smallest absolute Gasteiger partial charge is 0.162 e. The molecular weight excluding hydrogens is 303 g/mol. The predicted molar refractivity (Wildman–Crippen MR) is 86.2 cm³/mol. The third-order valence-corrected chi connectivity index (χ3v) is 3.76. The van der Waals surface area contributed by atoms with Crippen molar-refractivity contribution in [2.45, 2.75) is 33.3 Å². The summed E-state index contributed by atoms with van der Waals surface area (Å²) in [6.07, 6.45) is 1.35. The molecule has 0 aromatic heterocycles. The normalized spacial score (nSPS) is 10.5. The Labute approximate surface area is 134 Å². The highest BCUT2D eigenvalue weighted by atomic mass is 35.5. The van der Waals surface area contributed by atoms with Crippen LogP contribution < -0.4 is 4.74 Å². The van der Waals surface area contributed by atoms with Crippen molar-refractivity contribution in [3.05, 3.63) is 63.9 Å². The van der Waals surface area contributed by atoms with E-state index in [0.717, 1.165) is 12.0 Å². The Bertz CT molecular complexity index is 663. The van der Waals surface area contributed by atoms with Crippen LogP contribution in [0.1, 0.15) is 41.3 Å². The number of benzene rings is 2. The number of ether oxygens (including phenoxy) is 1. The lowest BCUT2D eigenvalue weighted by molar-refractivity contribution is 0.0981. The summed E-state index contributed by atoms with van der Waals surface area (Å²) >= 11 is 5.97. The zero-order chi connectivity index (χ0) is 16.1. The molecule has 0 unspecified atom stereocenters. The highest BCUT2D eigenvalue weighted by Gasteiger charge is 2.10. The number of carbonyl (C=O) groups is 1. The van der Waals surface area contributed by atoms with E-state index in [0.29, 0.717) is 28.3 Å². The second kappa shape index (κ2) is 7.41. The minimum Gasteiger partial charge on any atom is -0.488 e. The van der Waals surface area contributed by atoms with Crippen LogP contribution in [0.5, 0.6) is 5.75 Å². The summed E-state index contributed by atoms with van der Waals surface area (Å²) in [5, 5.41) is 0.340. The lowest BCUT2D eigenvalue weighted by Crippen LogP contribution is -2.03. The second-order valence-electron chi connectivity index (χ2n) is 5.14. The van der Waals surface area contributed by atoms with E-state index in [1.54, 1.807) is 30.3 Å². The number of ketones is 1. The van der Waals surface area contributed by atoms with E-state index in [-0.39, 0.29) is 18.2 Å². The maximum atomic E-state index is 13.7.